The van der Waals surface area contributed by atoms with Gasteiger partial charge in [0.1, 0.15) is 0 Å². The topological polar surface area (TPSA) is 12.0 Å². The second-order valence-corrected chi connectivity index (χ2v) is 3.26. The van der Waals surface area contributed by atoms with E-state index in [4.69, 9.17) is 0 Å². The van der Waals surface area contributed by atoms with Crippen molar-refractivity contribution < 1.29 is 0 Å². The van der Waals surface area contributed by atoms with Crippen LogP contribution in [0.4, 0.5) is 0 Å². The molecule has 0 saturated carbocycles. The summed E-state index contributed by atoms with van der Waals surface area (Å²) in [6.45, 7) is 3.36. The van der Waals surface area contributed by atoms with Gasteiger partial charge in [0.15, 0.2) is 0 Å². The number of nitrogens with one attached hydrogen (secondary N) is 1. The lowest BCUT2D eigenvalue weighted by Gasteiger charge is -2.23. The van der Waals surface area contributed by atoms with E-state index in [1.165, 1.54) is 12.8 Å². The lowest BCUT2D eigenvalue weighted by molar-refractivity contribution is 0.435. The van der Waals surface area contributed by atoms with E-state index in [0.29, 0.717) is 11.3 Å². The van der Waals surface area contributed by atoms with Crippen molar-refractivity contribution in [3.8, 4) is 0 Å². The number of thiol groups is 1. The van der Waals surface area contributed by atoms with Gasteiger partial charge in [-0.25, -0.2) is 0 Å². The predicted molar refractivity (Wildman–Crippen MR) is 39.5 cm³/mol. The van der Waals surface area contributed by atoms with Gasteiger partial charge in [-0.1, -0.05) is 0 Å². The van der Waals surface area contributed by atoms with Crippen LogP contribution in [-0.2, 0) is 0 Å². The summed E-state index contributed by atoms with van der Waals surface area (Å²) in [6.07, 6.45) is 2.45. The van der Waals surface area contributed by atoms with E-state index < -0.39 is 0 Å². The Morgan fingerprint density at radius 2 is 2.38 bits per heavy atom. The molecule has 0 aromatic heterocycles. The molecule has 48 valence electrons. The van der Waals surface area contributed by atoms with Crippen molar-refractivity contribution in [3.63, 3.8) is 0 Å². The summed E-state index contributed by atoms with van der Waals surface area (Å²) < 4.78 is 0. The van der Waals surface area contributed by atoms with Crippen LogP contribution in [-0.4, -0.2) is 17.8 Å². The summed E-state index contributed by atoms with van der Waals surface area (Å²) >= 11 is 4.38. The van der Waals surface area contributed by atoms with E-state index >= 15 is 0 Å². The monoisotopic (exact) mass is 131 g/mol. The summed E-state index contributed by atoms with van der Waals surface area (Å²) in [7, 11) is 0. The van der Waals surface area contributed by atoms with Crippen LogP contribution < -0.4 is 5.32 Å². The first-order valence-electron chi connectivity index (χ1n) is 3.20. The summed E-state index contributed by atoms with van der Waals surface area (Å²) in [5.74, 6) is 0. The van der Waals surface area contributed by atoms with Crippen molar-refractivity contribution in [2.24, 2.45) is 0 Å². The molecule has 0 aromatic carbocycles. The van der Waals surface area contributed by atoms with Crippen LogP contribution in [0.5, 0.6) is 0 Å². The molecule has 0 aliphatic carbocycles. The van der Waals surface area contributed by atoms with Crippen molar-refractivity contribution in [1.29, 1.82) is 0 Å². The molecule has 1 fully saturated rings. The van der Waals surface area contributed by atoms with Crippen LogP contribution >= 0.6 is 12.6 Å². The normalized spacial score (nSPS) is 39.8. The van der Waals surface area contributed by atoms with Crippen LogP contribution in [0.15, 0.2) is 0 Å². The molecule has 1 saturated heterocycles. The molecule has 1 nitrogen and oxygen atoms in total. The van der Waals surface area contributed by atoms with E-state index in [0.717, 1.165) is 6.54 Å². The molecule has 8 heavy (non-hydrogen) atoms. The Labute approximate surface area is 56.3 Å². The van der Waals surface area contributed by atoms with E-state index in [1.54, 1.807) is 0 Å². The minimum atomic E-state index is 0.645. The first-order valence-corrected chi connectivity index (χ1v) is 3.72. The standard InChI is InChI=1S/C6H13NS/c1-5-4-6(8)2-3-7-5/h5-8H,2-4H2,1H3/t5-,6+/m0/s1. The van der Waals surface area contributed by atoms with Crippen molar-refractivity contribution >= 4 is 12.6 Å². The molecule has 0 radical (unpaired) electrons. The maximum absolute atomic E-state index is 4.38. The highest BCUT2D eigenvalue weighted by Crippen LogP contribution is 2.12. The highest BCUT2D eigenvalue weighted by atomic mass is 32.1. The molecule has 0 aromatic rings. The van der Waals surface area contributed by atoms with Gasteiger partial charge in [0, 0.05) is 11.3 Å². The van der Waals surface area contributed by atoms with Crippen LogP contribution in [0.2, 0.25) is 0 Å². The van der Waals surface area contributed by atoms with Gasteiger partial charge in [-0.3, -0.25) is 0 Å². The van der Waals surface area contributed by atoms with Gasteiger partial charge in [0.2, 0.25) is 0 Å². The zero-order valence-electron chi connectivity index (χ0n) is 5.22. The molecule has 1 rings (SSSR count). The van der Waals surface area contributed by atoms with Gasteiger partial charge < -0.3 is 5.32 Å². The van der Waals surface area contributed by atoms with E-state index in [-0.39, 0.29) is 0 Å². The molecule has 2 heteroatoms. The number of hydrogen-bond acceptors (Lipinski definition) is 2. The summed E-state index contributed by atoms with van der Waals surface area (Å²) in [6, 6.07) is 0.686. The van der Waals surface area contributed by atoms with Gasteiger partial charge in [-0.2, -0.15) is 12.6 Å². The Kier molecular flexibility index (Phi) is 2.20. The Hall–Kier alpha value is 0.310. The number of piperidine rings is 1. The lowest BCUT2D eigenvalue weighted by Crippen LogP contribution is -2.36. The van der Waals surface area contributed by atoms with Crippen molar-refractivity contribution in [3.05, 3.63) is 0 Å². The lowest BCUT2D eigenvalue weighted by atomic mass is 10.1. The molecule has 1 aliphatic rings. The molecular formula is C6H13NS. The molecule has 0 spiro atoms. The molecule has 2 atom stereocenters. The fourth-order valence-corrected chi connectivity index (χ4v) is 1.55. The SMILES string of the molecule is C[C@H]1C[C@H](S)CCN1. The van der Waals surface area contributed by atoms with Crippen LogP contribution in [0, 0.1) is 0 Å². The smallest absolute Gasteiger partial charge is 0.00491 e. The van der Waals surface area contributed by atoms with Gasteiger partial charge in [-0.05, 0) is 26.3 Å². The van der Waals surface area contributed by atoms with E-state index in [1.807, 2.05) is 0 Å². The molecule has 1 aliphatic heterocycles. The van der Waals surface area contributed by atoms with Crippen molar-refractivity contribution in [2.75, 3.05) is 6.54 Å². The van der Waals surface area contributed by atoms with Crippen molar-refractivity contribution in [1.82, 2.24) is 5.32 Å². The molecule has 1 N–H and O–H groups in total. The van der Waals surface area contributed by atoms with Crippen LogP contribution in [0.25, 0.3) is 0 Å². The molecule has 0 amide bonds. The molecule has 0 unspecified atom stereocenters. The third-order valence-corrected chi connectivity index (χ3v) is 2.07. The third-order valence-electron chi connectivity index (χ3n) is 1.60. The fraction of sp³-hybridized carbons (Fsp3) is 1.00. The van der Waals surface area contributed by atoms with Gasteiger partial charge in [0.05, 0.1) is 0 Å². The molecule has 1 heterocycles. The second kappa shape index (κ2) is 2.74. The largest absolute Gasteiger partial charge is 0.314 e. The Morgan fingerprint density at radius 3 is 2.75 bits per heavy atom. The minimum Gasteiger partial charge on any atom is -0.314 e. The first-order chi connectivity index (χ1) is 3.79. The Morgan fingerprint density at radius 1 is 1.62 bits per heavy atom. The number of hydrogen-bond donors (Lipinski definition) is 2. The minimum absolute atomic E-state index is 0.645. The van der Waals surface area contributed by atoms with Crippen LogP contribution in [0.3, 0.4) is 0 Å². The Bertz CT molecular complexity index is 66.9. The average molecular weight is 131 g/mol. The summed E-state index contributed by atoms with van der Waals surface area (Å²) in [4.78, 5) is 0. The van der Waals surface area contributed by atoms with E-state index in [2.05, 4.69) is 24.9 Å². The van der Waals surface area contributed by atoms with Gasteiger partial charge >= 0.3 is 0 Å². The van der Waals surface area contributed by atoms with Crippen LogP contribution in [0.1, 0.15) is 19.8 Å². The van der Waals surface area contributed by atoms with Gasteiger partial charge in [0.25, 0.3) is 0 Å². The fourth-order valence-electron chi connectivity index (χ4n) is 1.11. The van der Waals surface area contributed by atoms with E-state index in [9.17, 15) is 0 Å². The molecule has 0 bridgehead atoms. The summed E-state index contributed by atoms with van der Waals surface area (Å²) in [5.41, 5.74) is 0. The van der Waals surface area contributed by atoms with Gasteiger partial charge in [-0.15, -0.1) is 0 Å². The maximum Gasteiger partial charge on any atom is 0.00491 e. The zero-order chi connectivity index (χ0) is 5.98. The average Bonchev–Trinajstić information content (AvgIpc) is 1.64. The highest BCUT2D eigenvalue weighted by Gasteiger charge is 2.13. The maximum atomic E-state index is 4.38. The molecular weight excluding hydrogens is 118 g/mol. The highest BCUT2D eigenvalue weighted by molar-refractivity contribution is 7.80. The second-order valence-electron chi connectivity index (χ2n) is 2.53. The number of rotatable bonds is 0. The Balaban J connectivity index is 2.23. The quantitative estimate of drug-likeness (QED) is 0.468. The zero-order valence-corrected chi connectivity index (χ0v) is 6.12. The first kappa shape index (κ1) is 6.43. The van der Waals surface area contributed by atoms with Crippen molar-refractivity contribution in [2.45, 2.75) is 31.1 Å². The third kappa shape index (κ3) is 1.67. The predicted octanol–water partition coefficient (Wildman–Crippen LogP) is 1.06. The summed E-state index contributed by atoms with van der Waals surface area (Å²) in [5, 5.41) is 4.01.